The van der Waals surface area contributed by atoms with Gasteiger partial charge in [-0.15, -0.1) is 0 Å². The molecule has 5 rings (SSSR count). The van der Waals surface area contributed by atoms with E-state index in [-0.39, 0.29) is 24.0 Å². The van der Waals surface area contributed by atoms with Gasteiger partial charge in [-0.3, -0.25) is 9.59 Å². The molecule has 0 aliphatic heterocycles. The van der Waals surface area contributed by atoms with E-state index in [1.165, 1.54) is 0 Å². The van der Waals surface area contributed by atoms with Crippen molar-refractivity contribution in [3.8, 4) is 16.9 Å². The molecule has 0 saturated heterocycles. The lowest BCUT2D eigenvalue weighted by Crippen LogP contribution is -2.30. The summed E-state index contributed by atoms with van der Waals surface area (Å²) >= 11 is 0. The van der Waals surface area contributed by atoms with Crippen LogP contribution in [0.2, 0.25) is 0 Å². The molecule has 1 heterocycles. The summed E-state index contributed by atoms with van der Waals surface area (Å²) in [6, 6.07) is 20.7. The van der Waals surface area contributed by atoms with Crippen molar-refractivity contribution >= 4 is 34.8 Å². The molecule has 9 heteroatoms. The highest BCUT2D eigenvalue weighted by Crippen LogP contribution is 2.33. The smallest absolute Gasteiger partial charge is 0.481 e. The van der Waals surface area contributed by atoms with Crippen LogP contribution < -0.4 is 10.1 Å². The second-order valence-corrected chi connectivity index (χ2v) is 11.2. The summed E-state index contributed by atoms with van der Waals surface area (Å²) in [5.74, 6) is -0.343. The number of aliphatic carboxylic acids is 1. The third kappa shape index (κ3) is 7.23. The molecule has 224 valence electrons. The van der Waals surface area contributed by atoms with E-state index < -0.39 is 18.0 Å². The van der Waals surface area contributed by atoms with Gasteiger partial charge in [0.25, 0.3) is 0 Å². The molecule has 1 fully saturated rings. The molecule has 0 radical (unpaired) electrons. The Morgan fingerprint density at radius 3 is 2.51 bits per heavy atom. The number of nitrogens with one attached hydrogen (secondary N) is 1. The van der Waals surface area contributed by atoms with E-state index in [9.17, 15) is 19.5 Å². The fourth-order valence-electron chi connectivity index (χ4n) is 6.04. The highest BCUT2D eigenvalue weighted by molar-refractivity contribution is 5.93. The van der Waals surface area contributed by atoms with Gasteiger partial charge in [-0.1, -0.05) is 68.7 Å². The molecule has 3 N–H and O–H groups in total. The number of hydrogen-bond donors (Lipinski definition) is 3. The lowest BCUT2D eigenvalue weighted by atomic mass is 9.77. The van der Waals surface area contributed by atoms with Crippen LogP contribution in [0.4, 0.5) is 10.5 Å². The second-order valence-electron chi connectivity index (χ2n) is 11.2. The number of carboxylic acid groups (broad SMARTS) is 2. The molecule has 0 bridgehead atoms. The third-order valence-electron chi connectivity index (χ3n) is 8.23. The van der Waals surface area contributed by atoms with Crippen LogP contribution in [0.3, 0.4) is 0 Å². The zero-order chi connectivity index (χ0) is 30.3. The summed E-state index contributed by atoms with van der Waals surface area (Å²) in [5, 5.41) is 21.7. The van der Waals surface area contributed by atoms with E-state index in [1.807, 2.05) is 54.6 Å². The lowest BCUT2D eigenvalue weighted by molar-refractivity contribution is -0.145. The van der Waals surface area contributed by atoms with Crippen molar-refractivity contribution in [3.63, 3.8) is 0 Å². The minimum atomic E-state index is -1.36. The number of nitrogens with zero attached hydrogens (tertiary/aromatic N) is 2. The van der Waals surface area contributed by atoms with E-state index in [2.05, 4.69) is 16.8 Å². The first-order valence-electron chi connectivity index (χ1n) is 14.9. The first-order chi connectivity index (χ1) is 20.8. The number of ether oxygens (including phenoxy) is 1. The molecular formula is C34H37N3O6. The number of anilines is 1. The summed E-state index contributed by atoms with van der Waals surface area (Å²) in [6.07, 6.45) is 4.93. The van der Waals surface area contributed by atoms with Crippen molar-refractivity contribution in [2.75, 3.05) is 5.32 Å². The average Bonchev–Trinajstić information content (AvgIpc) is 3.32. The van der Waals surface area contributed by atoms with Crippen molar-refractivity contribution in [1.82, 2.24) is 9.55 Å². The molecule has 2 unspecified atom stereocenters. The molecular weight excluding hydrogens is 546 g/mol. The Kier molecular flexibility index (Phi) is 9.39. The minimum Gasteiger partial charge on any atom is -0.481 e. The minimum absolute atomic E-state index is 0.146. The number of aromatic nitrogens is 2. The zero-order valence-electron chi connectivity index (χ0n) is 24.3. The number of fused-ring (bicyclic) bond motifs is 1. The van der Waals surface area contributed by atoms with Crippen molar-refractivity contribution in [2.45, 2.75) is 64.8 Å². The predicted molar refractivity (Wildman–Crippen MR) is 164 cm³/mol. The molecule has 4 aromatic rings. The van der Waals surface area contributed by atoms with Gasteiger partial charge in [0.15, 0.2) is 0 Å². The van der Waals surface area contributed by atoms with Crippen molar-refractivity contribution < 1.29 is 29.3 Å². The molecule has 1 aliphatic rings. The largest absolute Gasteiger partial charge is 0.511 e. The molecule has 1 saturated carbocycles. The van der Waals surface area contributed by atoms with Gasteiger partial charge in [0, 0.05) is 30.6 Å². The maximum atomic E-state index is 13.0. The Morgan fingerprint density at radius 1 is 1.00 bits per heavy atom. The zero-order valence-corrected chi connectivity index (χ0v) is 24.3. The summed E-state index contributed by atoms with van der Waals surface area (Å²) in [4.78, 5) is 40.7. The monoisotopic (exact) mass is 583 g/mol. The van der Waals surface area contributed by atoms with Gasteiger partial charge in [0.1, 0.15) is 11.6 Å². The van der Waals surface area contributed by atoms with E-state index >= 15 is 0 Å². The van der Waals surface area contributed by atoms with E-state index in [1.54, 1.807) is 12.1 Å². The number of aryl methyl sites for hydroxylation is 1. The standard InChI is InChI=1S/C34H37N3O6/c1-2-3-12-31-36-28-18-17-25(35-32(38)19-24-8-4-5-10-27(24)33(39)40)20-29(28)37(31)21-22-13-15-23(16-14-22)26-9-6-7-11-30(26)43-34(41)42/h6-7,9,11,13-18,20,24,27H,2-5,8,10,12,19,21H2,1H3,(H,35,38)(H,39,40)(H,41,42). The number of benzene rings is 3. The fourth-order valence-corrected chi connectivity index (χ4v) is 6.04. The topological polar surface area (TPSA) is 131 Å². The van der Waals surface area contributed by atoms with Gasteiger partial charge >= 0.3 is 12.1 Å². The van der Waals surface area contributed by atoms with Gasteiger partial charge in [0.05, 0.1) is 17.0 Å². The predicted octanol–water partition coefficient (Wildman–Crippen LogP) is 7.37. The molecule has 43 heavy (non-hydrogen) atoms. The first kappa shape index (κ1) is 29.8. The molecule has 1 aromatic heterocycles. The number of amides is 1. The Morgan fingerprint density at radius 2 is 1.77 bits per heavy atom. The normalized spacial score (nSPS) is 16.6. The Labute approximate surface area is 250 Å². The van der Waals surface area contributed by atoms with Crippen LogP contribution >= 0.6 is 0 Å². The summed E-state index contributed by atoms with van der Waals surface area (Å²) in [7, 11) is 0. The van der Waals surface area contributed by atoms with E-state index in [4.69, 9.17) is 14.8 Å². The molecule has 1 aliphatic carbocycles. The molecule has 0 spiro atoms. The van der Waals surface area contributed by atoms with Gasteiger partial charge < -0.3 is 24.8 Å². The number of unbranched alkanes of at least 4 members (excludes halogenated alkanes) is 1. The fraction of sp³-hybridized carbons (Fsp3) is 0.353. The van der Waals surface area contributed by atoms with Crippen LogP contribution in [0.15, 0.2) is 66.7 Å². The number of carbonyl (C=O) groups excluding carboxylic acids is 1. The van der Waals surface area contributed by atoms with Crippen LogP contribution in [-0.2, 0) is 22.6 Å². The van der Waals surface area contributed by atoms with Gasteiger partial charge in [-0.2, -0.15) is 0 Å². The van der Waals surface area contributed by atoms with Gasteiger partial charge in [-0.05, 0) is 60.6 Å². The summed E-state index contributed by atoms with van der Waals surface area (Å²) in [6.45, 7) is 2.72. The average molecular weight is 584 g/mol. The van der Waals surface area contributed by atoms with Crippen LogP contribution in [0.1, 0.15) is 63.3 Å². The number of rotatable bonds is 11. The second kappa shape index (κ2) is 13.5. The van der Waals surface area contributed by atoms with Crippen LogP contribution in [0, 0.1) is 11.8 Å². The Hall–Kier alpha value is -4.66. The lowest BCUT2D eigenvalue weighted by Gasteiger charge is -2.27. The van der Waals surface area contributed by atoms with Crippen molar-refractivity contribution in [2.24, 2.45) is 11.8 Å². The highest BCUT2D eigenvalue weighted by Gasteiger charge is 2.32. The number of hydrogen-bond acceptors (Lipinski definition) is 5. The number of para-hydroxylation sites is 1. The van der Waals surface area contributed by atoms with Crippen LogP contribution in [-0.4, -0.2) is 37.8 Å². The molecule has 3 aromatic carbocycles. The molecule has 9 nitrogen and oxygen atoms in total. The van der Waals surface area contributed by atoms with E-state index in [0.717, 1.165) is 66.5 Å². The molecule has 1 amide bonds. The summed E-state index contributed by atoms with van der Waals surface area (Å²) in [5.41, 5.74) is 5.00. The molecule has 2 atom stereocenters. The van der Waals surface area contributed by atoms with Gasteiger partial charge in [-0.25, -0.2) is 9.78 Å². The maximum absolute atomic E-state index is 13.0. The number of imidazole rings is 1. The Bertz CT molecular complexity index is 1610. The van der Waals surface area contributed by atoms with Crippen LogP contribution in [0.5, 0.6) is 5.75 Å². The van der Waals surface area contributed by atoms with Crippen molar-refractivity contribution in [3.05, 3.63) is 78.1 Å². The van der Waals surface area contributed by atoms with Crippen LogP contribution in [0.25, 0.3) is 22.2 Å². The van der Waals surface area contributed by atoms with Gasteiger partial charge in [0.2, 0.25) is 5.91 Å². The summed E-state index contributed by atoms with van der Waals surface area (Å²) < 4.78 is 7.14. The Balaban J connectivity index is 1.37. The highest BCUT2D eigenvalue weighted by atomic mass is 16.7. The van der Waals surface area contributed by atoms with E-state index in [0.29, 0.717) is 24.2 Å². The number of carbonyl (C=O) groups is 3. The third-order valence-corrected chi connectivity index (χ3v) is 8.23. The first-order valence-corrected chi connectivity index (χ1v) is 14.9. The van der Waals surface area contributed by atoms with Crippen molar-refractivity contribution in [1.29, 1.82) is 0 Å². The SMILES string of the molecule is CCCCc1nc2ccc(NC(=O)CC3CCCCC3C(=O)O)cc2n1Cc1ccc(-c2ccccc2OC(=O)O)cc1. The quantitative estimate of drug-likeness (QED) is 0.124. The number of carboxylic acids is 1. The maximum Gasteiger partial charge on any atom is 0.511 e.